The number of aryl methyl sites for hydroxylation is 2. The first-order valence-electron chi connectivity index (χ1n) is 6.56. The third-order valence-electron chi connectivity index (χ3n) is 3.52. The van der Waals surface area contributed by atoms with Crippen LogP contribution >= 0.6 is 0 Å². The molecule has 1 unspecified atom stereocenters. The molecule has 0 fully saturated rings. The Labute approximate surface area is 118 Å². The molecule has 0 spiro atoms. The van der Waals surface area contributed by atoms with Gasteiger partial charge in [0, 0.05) is 18.4 Å². The number of nitrogen functional groups attached to an aromatic ring is 1. The topological polar surface area (TPSA) is 72.9 Å². The van der Waals surface area contributed by atoms with Crippen molar-refractivity contribution in [2.24, 2.45) is 7.05 Å². The Morgan fingerprint density at radius 1 is 1.30 bits per heavy atom. The molecule has 5 nitrogen and oxygen atoms in total. The molecular formula is C15H20N4O. The largest absolute Gasteiger partial charge is 0.399 e. The normalized spacial score (nSPS) is 12.2. The number of carbonyl (C=O) groups is 1. The predicted molar refractivity (Wildman–Crippen MR) is 79.4 cm³/mol. The first-order chi connectivity index (χ1) is 9.40. The Hall–Kier alpha value is -2.30. The zero-order chi connectivity index (χ0) is 14.9. The summed E-state index contributed by atoms with van der Waals surface area (Å²) in [7, 11) is 1.84. The van der Waals surface area contributed by atoms with Crippen molar-refractivity contribution in [2.45, 2.75) is 26.8 Å². The Balaban J connectivity index is 2.17. The monoisotopic (exact) mass is 272 g/mol. The van der Waals surface area contributed by atoms with Gasteiger partial charge in [0.1, 0.15) is 0 Å². The molecular weight excluding hydrogens is 252 g/mol. The fourth-order valence-electron chi connectivity index (χ4n) is 2.24. The summed E-state index contributed by atoms with van der Waals surface area (Å²) in [6.45, 7) is 5.68. The fourth-order valence-corrected chi connectivity index (χ4v) is 2.24. The second-order valence-corrected chi connectivity index (χ2v) is 5.03. The molecule has 2 rings (SSSR count). The van der Waals surface area contributed by atoms with Crippen LogP contribution in [0.2, 0.25) is 0 Å². The summed E-state index contributed by atoms with van der Waals surface area (Å²) in [5.74, 6) is -0.0996. The van der Waals surface area contributed by atoms with Gasteiger partial charge in [0.2, 0.25) is 0 Å². The van der Waals surface area contributed by atoms with Gasteiger partial charge in [0.25, 0.3) is 5.91 Å². The number of anilines is 1. The highest BCUT2D eigenvalue weighted by molar-refractivity contribution is 5.96. The predicted octanol–water partition coefficient (Wildman–Crippen LogP) is 2.11. The highest BCUT2D eigenvalue weighted by Gasteiger charge is 2.19. The van der Waals surface area contributed by atoms with Crippen molar-refractivity contribution in [1.82, 2.24) is 15.1 Å². The second kappa shape index (κ2) is 5.36. The molecule has 0 saturated heterocycles. The molecule has 20 heavy (non-hydrogen) atoms. The van der Waals surface area contributed by atoms with E-state index in [0.717, 1.165) is 17.0 Å². The van der Waals surface area contributed by atoms with E-state index in [1.165, 1.54) is 0 Å². The number of nitrogens with one attached hydrogen (secondary N) is 1. The van der Waals surface area contributed by atoms with Crippen molar-refractivity contribution in [2.75, 3.05) is 5.73 Å². The molecule has 1 atom stereocenters. The third-order valence-corrected chi connectivity index (χ3v) is 3.52. The van der Waals surface area contributed by atoms with E-state index in [1.54, 1.807) is 4.68 Å². The zero-order valence-corrected chi connectivity index (χ0v) is 12.3. The van der Waals surface area contributed by atoms with Gasteiger partial charge in [-0.2, -0.15) is 5.10 Å². The smallest absolute Gasteiger partial charge is 0.255 e. The zero-order valence-electron chi connectivity index (χ0n) is 12.3. The summed E-state index contributed by atoms with van der Waals surface area (Å²) < 4.78 is 1.72. The van der Waals surface area contributed by atoms with Crippen LogP contribution < -0.4 is 11.1 Å². The average Bonchev–Trinajstić information content (AvgIpc) is 2.63. The van der Waals surface area contributed by atoms with E-state index >= 15 is 0 Å². The number of nitrogens with two attached hydrogens (primary N) is 1. The Bertz CT molecular complexity index is 628. The van der Waals surface area contributed by atoms with Gasteiger partial charge in [0.05, 0.1) is 17.3 Å². The van der Waals surface area contributed by atoms with Gasteiger partial charge in [-0.1, -0.05) is 12.1 Å². The first kappa shape index (κ1) is 14.1. The van der Waals surface area contributed by atoms with Gasteiger partial charge in [0.15, 0.2) is 0 Å². The highest BCUT2D eigenvalue weighted by Crippen LogP contribution is 2.17. The Morgan fingerprint density at radius 3 is 2.40 bits per heavy atom. The van der Waals surface area contributed by atoms with Gasteiger partial charge in [-0.25, -0.2) is 0 Å². The van der Waals surface area contributed by atoms with Gasteiger partial charge in [-0.15, -0.1) is 0 Å². The van der Waals surface area contributed by atoms with E-state index in [1.807, 2.05) is 52.1 Å². The van der Waals surface area contributed by atoms with Crippen LogP contribution in [0.4, 0.5) is 5.69 Å². The number of benzene rings is 1. The number of rotatable bonds is 3. The molecule has 3 N–H and O–H groups in total. The molecule has 0 bridgehead atoms. The number of nitrogens with zero attached hydrogens (tertiary/aromatic N) is 2. The molecule has 1 amide bonds. The molecule has 106 valence electrons. The molecule has 5 heteroatoms. The van der Waals surface area contributed by atoms with Gasteiger partial charge in [-0.05, 0) is 38.5 Å². The van der Waals surface area contributed by atoms with Gasteiger partial charge < -0.3 is 11.1 Å². The molecule has 1 aromatic carbocycles. The van der Waals surface area contributed by atoms with Crippen molar-refractivity contribution >= 4 is 11.6 Å². The minimum absolute atomic E-state index is 0.0814. The van der Waals surface area contributed by atoms with Crippen LogP contribution in [-0.4, -0.2) is 15.7 Å². The van der Waals surface area contributed by atoms with Crippen LogP contribution in [-0.2, 0) is 7.05 Å². The maximum absolute atomic E-state index is 12.4. The van der Waals surface area contributed by atoms with Crippen LogP contribution in [0.25, 0.3) is 0 Å². The number of aromatic nitrogens is 2. The number of hydrogen-bond donors (Lipinski definition) is 2. The van der Waals surface area contributed by atoms with Crippen LogP contribution in [0.5, 0.6) is 0 Å². The molecule has 0 saturated carbocycles. The third kappa shape index (κ3) is 2.66. The first-order valence-corrected chi connectivity index (χ1v) is 6.56. The Morgan fingerprint density at radius 2 is 1.90 bits per heavy atom. The minimum atomic E-state index is -0.0996. The molecule has 1 aromatic heterocycles. The molecule has 2 aromatic rings. The SMILES string of the molecule is Cc1nn(C)c(C)c1C(=O)NC(C)c1ccc(N)cc1. The summed E-state index contributed by atoms with van der Waals surface area (Å²) in [4.78, 5) is 12.4. The second-order valence-electron chi connectivity index (χ2n) is 5.03. The van der Waals surface area contributed by atoms with E-state index < -0.39 is 0 Å². The lowest BCUT2D eigenvalue weighted by atomic mass is 10.1. The number of carbonyl (C=O) groups excluding carboxylic acids is 1. The van der Waals surface area contributed by atoms with Crippen molar-refractivity contribution in [3.8, 4) is 0 Å². The van der Waals surface area contributed by atoms with Crippen LogP contribution in [0.3, 0.4) is 0 Å². The summed E-state index contributed by atoms with van der Waals surface area (Å²) >= 11 is 0. The van der Waals surface area contributed by atoms with Crippen LogP contribution in [0.15, 0.2) is 24.3 Å². The summed E-state index contributed by atoms with van der Waals surface area (Å²) in [6.07, 6.45) is 0. The van der Waals surface area contributed by atoms with Crippen molar-refractivity contribution in [3.05, 3.63) is 46.8 Å². The minimum Gasteiger partial charge on any atom is -0.399 e. The van der Waals surface area contributed by atoms with E-state index in [0.29, 0.717) is 11.3 Å². The van der Waals surface area contributed by atoms with Crippen molar-refractivity contribution < 1.29 is 4.79 Å². The lowest BCUT2D eigenvalue weighted by Gasteiger charge is -2.14. The molecule has 0 aliphatic heterocycles. The summed E-state index contributed by atoms with van der Waals surface area (Å²) in [6, 6.07) is 7.42. The lowest BCUT2D eigenvalue weighted by Crippen LogP contribution is -2.27. The number of hydrogen-bond acceptors (Lipinski definition) is 3. The van der Waals surface area contributed by atoms with E-state index in [9.17, 15) is 4.79 Å². The van der Waals surface area contributed by atoms with E-state index in [2.05, 4.69) is 10.4 Å². The Kier molecular flexibility index (Phi) is 3.79. The maximum Gasteiger partial charge on any atom is 0.255 e. The quantitative estimate of drug-likeness (QED) is 0.840. The van der Waals surface area contributed by atoms with Gasteiger partial charge >= 0.3 is 0 Å². The van der Waals surface area contributed by atoms with Crippen molar-refractivity contribution in [3.63, 3.8) is 0 Å². The average molecular weight is 272 g/mol. The fraction of sp³-hybridized carbons (Fsp3) is 0.333. The van der Waals surface area contributed by atoms with Crippen LogP contribution in [0.1, 0.15) is 40.3 Å². The van der Waals surface area contributed by atoms with Gasteiger partial charge in [-0.3, -0.25) is 9.48 Å². The molecule has 0 aliphatic carbocycles. The molecule has 0 radical (unpaired) electrons. The summed E-state index contributed by atoms with van der Waals surface area (Å²) in [5, 5.41) is 7.26. The maximum atomic E-state index is 12.4. The molecule has 0 aliphatic rings. The summed E-state index contributed by atoms with van der Waals surface area (Å²) in [5.41, 5.74) is 9.65. The number of amides is 1. The van der Waals surface area contributed by atoms with E-state index in [4.69, 9.17) is 5.73 Å². The van der Waals surface area contributed by atoms with Crippen molar-refractivity contribution in [1.29, 1.82) is 0 Å². The molecule has 1 heterocycles. The highest BCUT2D eigenvalue weighted by atomic mass is 16.1. The lowest BCUT2D eigenvalue weighted by molar-refractivity contribution is 0.0938. The van der Waals surface area contributed by atoms with Crippen LogP contribution in [0, 0.1) is 13.8 Å². The van der Waals surface area contributed by atoms with E-state index in [-0.39, 0.29) is 11.9 Å². The standard InChI is InChI=1S/C15H20N4O/c1-9(12-5-7-13(16)8-6-12)17-15(20)14-10(2)18-19(4)11(14)3/h5-9H,16H2,1-4H3,(H,17,20).